The lowest BCUT2D eigenvalue weighted by Gasteiger charge is -2.26. The van der Waals surface area contributed by atoms with Gasteiger partial charge < -0.3 is 14.8 Å². The predicted octanol–water partition coefficient (Wildman–Crippen LogP) is 3.12. The molecule has 2 rings (SSSR count). The summed E-state index contributed by atoms with van der Waals surface area (Å²) in [5.41, 5.74) is 2.52. The summed E-state index contributed by atoms with van der Waals surface area (Å²) in [6, 6.07) is 4.34. The highest BCUT2D eigenvalue weighted by atomic mass is 16.5. The molecule has 1 atom stereocenters. The van der Waals surface area contributed by atoms with Gasteiger partial charge in [-0.25, -0.2) is 0 Å². The van der Waals surface area contributed by atoms with E-state index in [2.05, 4.69) is 24.4 Å². The highest BCUT2D eigenvalue weighted by Crippen LogP contribution is 2.36. The normalized spacial score (nSPS) is 19.2. The molecule has 19 heavy (non-hydrogen) atoms. The number of aryl methyl sites for hydroxylation is 1. The van der Waals surface area contributed by atoms with Crippen molar-refractivity contribution in [2.75, 3.05) is 26.8 Å². The molecule has 1 fully saturated rings. The second-order valence-corrected chi connectivity index (χ2v) is 5.03. The van der Waals surface area contributed by atoms with Crippen LogP contribution in [0.4, 0.5) is 0 Å². The zero-order chi connectivity index (χ0) is 13.7. The fraction of sp³-hybridized carbons (Fsp3) is 0.625. The fourth-order valence-electron chi connectivity index (χ4n) is 2.80. The van der Waals surface area contributed by atoms with Crippen LogP contribution in [-0.2, 0) is 6.42 Å². The molecule has 1 aromatic carbocycles. The number of methoxy groups -OCH3 is 1. The third-order valence-electron chi connectivity index (χ3n) is 3.83. The molecule has 106 valence electrons. The fourth-order valence-corrected chi connectivity index (χ4v) is 2.80. The molecular formula is C16H25NO2. The van der Waals surface area contributed by atoms with Crippen molar-refractivity contribution in [1.29, 1.82) is 0 Å². The molecule has 0 radical (unpaired) electrons. The van der Waals surface area contributed by atoms with E-state index in [1.165, 1.54) is 24.0 Å². The summed E-state index contributed by atoms with van der Waals surface area (Å²) in [6.07, 6.45) is 3.42. The number of ether oxygens (including phenoxy) is 2. The van der Waals surface area contributed by atoms with Gasteiger partial charge in [0, 0.05) is 18.0 Å². The van der Waals surface area contributed by atoms with E-state index in [0.29, 0.717) is 12.5 Å². The average molecular weight is 263 g/mol. The van der Waals surface area contributed by atoms with Crippen LogP contribution in [0.15, 0.2) is 12.1 Å². The van der Waals surface area contributed by atoms with Crippen molar-refractivity contribution in [3.05, 3.63) is 23.3 Å². The molecule has 0 amide bonds. The molecule has 0 spiro atoms. The molecule has 0 aromatic heterocycles. The van der Waals surface area contributed by atoms with Crippen LogP contribution in [0.5, 0.6) is 11.5 Å². The minimum atomic E-state index is 0.536. The van der Waals surface area contributed by atoms with Gasteiger partial charge in [-0.05, 0) is 50.4 Å². The Morgan fingerprint density at radius 1 is 1.26 bits per heavy atom. The van der Waals surface area contributed by atoms with E-state index < -0.39 is 0 Å². The van der Waals surface area contributed by atoms with Crippen LogP contribution in [0.25, 0.3) is 0 Å². The summed E-state index contributed by atoms with van der Waals surface area (Å²) in [7, 11) is 1.76. The largest absolute Gasteiger partial charge is 0.496 e. The van der Waals surface area contributed by atoms with Gasteiger partial charge in [-0.3, -0.25) is 0 Å². The number of nitrogens with one attached hydrogen (secondary N) is 1. The summed E-state index contributed by atoms with van der Waals surface area (Å²) < 4.78 is 11.4. The van der Waals surface area contributed by atoms with E-state index in [4.69, 9.17) is 9.47 Å². The predicted molar refractivity (Wildman–Crippen MR) is 78.4 cm³/mol. The third-order valence-corrected chi connectivity index (χ3v) is 3.83. The average Bonchev–Trinajstić information content (AvgIpc) is 2.48. The number of piperidine rings is 1. The number of hydrogen-bond donors (Lipinski definition) is 1. The van der Waals surface area contributed by atoms with Crippen LogP contribution in [0.2, 0.25) is 0 Å². The molecule has 3 nitrogen and oxygen atoms in total. The Bertz CT molecular complexity index is 411. The first-order chi connectivity index (χ1) is 9.30. The lowest BCUT2D eigenvalue weighted by Crippen LogP contribution is -2.28. The molecule has 0 bridgehead atoms. The van der Waals surface area contributed by atoms with E-state index >= 15 is 0 Å². The van der Waals surface area contributed by atoms with Crippen molar-refractivity contribution >= 4 is 0 Å². The first-order valence-electron chi connectivity index (χ1n) is 7.34. The van der Waals surface area contributed by atoms with Crippen LogP contribution in [0, 0.1) is 0 Å². The van der Waals surface area contributed by atoms with Crippen LogP contribution in [-0.4, -0.2) is 26.8 Å². The van der Waals surface area contributed by atoms with Crippen molar-refractivity contribution in [3.8, 4) is 11.5 Å². The highest BCUT2D eigenvalue weighted by molar-refractivity contribution is 5.48. The maximum absolute atomic E-state index is 5.78. The van der Waals surface area contributed by atoms with Crippen molar-refractivity contribution in [2.24, 2.45) is 0 Å². The quantitative estimate of drug-likeness (QED) is 0.885. The van der Waals surface area contributed by atoms with Gasteiger partial charge in [-0.15, -0.1) is 0 Å². The van der Waals surface area contributed by atoms with Crippen molar-refractivity contribution in [2.45, 2.75) is 39.0 Å². The summed E-state index contributed by atoms with van der Waals surface area (Å²) in [4.78, 5) is 0. The smallest absolute Gasteiger partial charge is 0.123 e. The molecule has 1 aliphatic rings. The lowest BCUT2D eigenvalue weighted by atomic mass is 9.89. The second-order valence-electron chi connectivity index (χ2n) is 5.03. The standard InChI is InChI=1S/C16H25NO2/c1-4-12-9-16(18-3)14(10-15(12)19-5-2)13-7-6-8-17-11-13/h9-10,13,17H,4-8,11H2,1-3H3. The summed E-state index contributed by atoms with van der Waals surface area (Å²) in [5, 5.41) is 3.47. The van der Waals surface area contributed by atoms with Gasteiger partial charge in [0.15, 0.2) is 0 Å². The number of hydrogen-bond acceptors (Lipinski definition) is 3. The van der Waals surface area contributed by atoms with Gasteiger partial charge in [0.1, 0.15) is 11.5 Å². The van der Waals surface area contributed by atoms with E-state index in [0.717, 1.165) is 31.0 Å². The molecular weight excluding hydrogens is 238 g/mol. The van der Waals surface area contributed by atoms with Crippen molar-refractivity contribution in [1.82, 2.24) is 5.32 Å². The summed E-state index contributed by atoms with van der Waals surface area (Å²) in [5.74, 6) is 2.56. The van der Waals surface area contributed by atoms with E-state index in [-0.39, 0.29) is 0 Å². The first-order valence-corrected chi connectivity index (χ1v) is 7.34. The monoisotopic (exact) mass is 263 g/mol. The van der Waals surface area contributed by atoms with Gasteiger partial charge in [-0.1, -0.05) is 6.92 Å². The molecule has 3 heteroatoms. The Hall–Kier alpha value is -1.22. The number of benzene rings is 1. The highest BCUT2D eigenvalue weighted by Gasteiger charge is 2.21. The first kappa shape index (κ1) is 14.2. The zero-order valence-corrected chi connectivity index (χ0v) is 12.3. The number of rotatable bonds is 5. The van der Waals surface area contributed by atoms with E-state index in [1.54, 1.807) is 7.11 Å². The minimum Gasteiger partial charge on any atom is -0.496 e. The van der Waals surface area contributed by atoms with Crippen molar-refractivity contribution < 1.29 is 9.47 Å². The summed E-state index contributed by atoms with van der Waals surface area (Å²) in [6.45, 7) is 7.06. The topological polar surface area (TPSA) is 30.5 Å². The Morgan fingerprint density at radius 2 is 2.11 bits per heavy atom. The Morgan fingerprint density at radius 3 is 2.68 bits per heavy atom. The molecule has 1 aliphatic heterocycles. The molecule has 0 aliphatic carbocycles. The Labute approximate surface area is 116 Å². The lowest BCUT2D eigenvalue weighted by molar-refractivity contribution is 0.332. The SMILES string of the molecule is CCOc1cc(C2CCCNC2)c(OC)cc1CC. The molecule has 1 aromatic rings. The Kier molecular flexibility index (Phi) is 5.08. The van der Waals surface area contributed by atoms with Crippen LogP contribution in [0.1, 0.15) is 43.7 Å². The van der Waals surface area contributed by atoms with Crippen LogP contribution >= 0.6 is 0 Å². The Balaban J connectivity index is 2.36. The molecule has 1 heterocycles. The van der Waals surface area contributed by atoms with Gasteiger partial charge in [0.25, 0.3) is 0 Å². The van der Waals surface area contributed by atoms with Gasteiger partial charge >= 0.3 is 0 Å². The summed E-state index contributed by atoms with van der Waals surface area (Å²) >= 11 is 0. The van der Waals surface area contributed by atoms with Gasteiger partial charge in [0.2, 0.25) is 0 Å². The molecule has 1 unspecified atom stereocenters. The molecule has 1 saturated heterocycles. The zero-order valence-electron chi connectivity index (χ0n) is 12.3. The third kappa shape index (κ3) is 3.21. The maximum atomic E-state index is 5.78. The van der Waals surface area contributed by atoms with Crippen molar-refractivity contribution in [3.63, 3.8) is 0 Å². The minimum absolute atomic E-state index is 0.536. The van der Waals surface area contributed by atoms with E-state index in [1.807, 2.05) is 6.92 Å². The second kappa shape index (κ2) is 6.80. The van der Waals surface area contributed by atoms with Gasteiger partial charge in [-0.2, -0.15) is 0 Å². The van der Waals surface area contributed by atoms with Crippen LogP contribution in [0.3, 0.4) is 0 Å². The van der Waals surface area contributed by atoms with E-state index in [9.17, 15) is 0 Å². The maximum Gasteiger partial charge on any atom is 0.123 e. The van der Waals surface area contributed by atoms with Gasteiger partial charge in [0.05, 0.1) is 13.7 Å². The molecule has 0 saturated carbocycles. The van der Waals surface area contributed by atoms with Crippen LogP contribution < -0.4 is 14.8 Å². The molecule has 1 N–H and O–H groups in total.